The second kappa shape index (κ2) is 6.10. The number of benzene rings is 2. The van der Waals surface area contributed by atoms with Crippen molar-refractivity contribution in [2.24, 2.45) is 0 Å². The Morgan fingerprint density at radius 1 is 0.926 bits per heavy atom. The van der Waals surface area contributed by atoms with Crippen molar-refractivity contribution in [3.63, 3.8) is 0 Å². The summed E-state index contributed by atoms with van der Waals surface area (Å²) in [5.41, 5.74) is 9.93. The largest absolute Gasteiger partial charge is 0.454 e. The smallest absolute Gasteiger partial charge is 0.231 e. The van der Waals surface area contributed by atoms with Gasteiger partial charge in [0.25, 0.3) is 0 Å². The predicted octanol–water partition coefficient (Wildman–Crippen LogP) is 4.32. The van der Waals surface area contributed by atoms with E-state index >= 15 is 0 Å². The molecule has 1 aliphatic heterocycles. The zero-order valence-electron chi connectivity index (χ0n) is 14.0. The Morgan fingerprint density at radius 2 is 1.78 bits per heavy atom. The number of hydrogen-bond acceptors (Lipinski definition) is 6. The van der Waals surface area contributed by atoms with Crippen molar-refractivity contribution in [2.75, 3.05) is 12.5 Å². The van der Waals surface area contributed by atoms with Gasteiger partial charge in [-0.1, -0.05) is 29.8 Å². The van der Waals surface area contributed by atoms with Gasteiger partial charge in [0.2, 0.25) is 6.79 Å². The van der Waals surface area contributed by atoms with E-state index in [0.29, 0.717) is 27.6 Å². The van der Waals surface area contributed by atoms with Gasteiger partial charge in [0.05, 0.1) is 11.1 Å². The van der Waals surface area contributed by atoms with Crippen molar-refractivity contribution in [3.8, 4) is 33.9 Å². The maximum atomic E-state index is 6.45. The van der Waals surface area contributed by atoms with Crippen molar-refractivity contribution in [1.29, 1.82) is 0 Å². The van der Waals surface area contributed by atoms with Gasteiger partial charge in [0.1, 0.15) is 12.1 Å². The molecule has 0 fully saturated rings. The van der Waals surface area contributed by atoms with E-state index in [1.165, 1.54) is 6.33 Å². The van der Waals surface area contributed by atoms with Gasteiger partial charge in [0, 0.05) is 21.7 Å². The summed E-state index contributed by atoms with van der Waals surface area (Å²) in [4.78, 5) is 13.1. The lowest BCUT2D eigenvalue weighted by atomic mass is 9.99. The number of anilines is 1. The molecule has 2 aromatic carbocycles. The number of fused-ring (bicyclic) bond motifs is 2. The molecular formula is C20H13ClN4O2. The molecule has 0 saturated heterocycles. The average Bonchev–Trinajstić information content (AvgIpc) is 3.15. The second-order valence-electron chi connectivity index (χ2n) is 6.06. The number of nitrogens with two attached hydrogens (primary N) is 1. The highest BCUT2D eigenvalue weighted by atomic mass is 35.5. The lowest BCUT2D eigenvalue weighted by Gasteiger charge is -2.12. The summed E-state index contributed by atoms with van der Waals surface area (Å²) in [6, 6.07) is 15.2. The number of nitrogen functional groups attached to an aromatic ring is 1. The Morgan fingerprint density at radius 3 is 2.67 bits per heavy atom. The molecule has 0 spiro atoms. The molecule has 0 radical (unpaired) electrons. The minimum atomic E-state index is 0.221. The van der Waals surface area contributed by atoms with Gasteiger partial charge in [-0.15, -0.1) is 0 Å². The van der Waals surface area contributed by atoms with Crippen LogP contribution in [0.1, 0.15) is 0 Å². The highest BCUT2D eigenvalue weighted by molar-refractivity contribution is 6.33. The van der Waals surface area contributed by atoms with Crippen LogP contribution in [0.5, 0.6) is 11.5 Å². The quantitative estimate of drug-likeness (QED) is 0.560. The van der Waals surface area contributed by atoms with Gasteiger partial charge in [-0.2, -0.15) is 0 Å². The Hall–Kier alpha value is -3.38. The van der Waals surface area contributed by atoms with Gasteiger partial charge in [-0.25, -0.2) is 15.0 Å². The lowest BCUT2D eigenvalue weighted by Crippen LogP contribution is -1.99. The summed E-state index contributed by atoms with van der Waals surface area (Å²) < 4.78 is 10.9. The van der Waals surface area contributed by atoms with Crippen LogP contribution >= 0.6 is 11.6 Å². The molecule has 132 valence electrons. The molecular weight excluding hydrogens is 364 g/mol. The van der Waals surface area contributed by atoms with Crippen LogP contribution in [0.15, 0.2) is 54.9 Å². The van der Waals surface area contributed by atoms with E-state index in [-0.39, 0.29) is 6.79 Å². The monoisotopic (exact) mass is 376 g/mol. The van der Waals surface area contributed by atoms with Crippen LogP contribution in [0.4, 0.5) is 5.82 Å². The van der Waals surface area contributed by atoms with Crippen LogP contribution in [-0.4, -0.2) is 21.7 Å². The Kier molecular flexibility index (Phi) is 3.58. The summed E-state index contributed by atoms with van der Waals surface area (Å²) in [7, 11) is 0. The second-order valence-corrected chi connectivity index (χ2v) is 6.47. The van der Waals surface area contributed by atoms with Crippen molar-refractivity contribution < 1.29 is 9.47 Å². The number of pyridine rings is 1. The predicted molar refractivity (Wildman–Crippen MR) is 104 cm³/mol. The highest BCUT2D eigenvalue weighted by Crippen LogP contribution is 2.39. The number of aromatic nitrogens is 3. The number of nitrogens with zero attached hydrogens (tertiary/aromatic N) is 3. The van der Waals surface area contributed by atoms with E-state index in [9.17, 15) is 0 Å². The first-order valence-corrected chi connectivity index (χ1v) is 8.64. The fourth-order valence-electron chi connectivity index (χ4n) is 3.18. The third kappa shape index (κ3) is 2.62. The van der Waals surface area contributed by atoms with Crippen LogP contribution in [0.25, 0.3) is 33.4 Å². The maximum absolute atomic E-state index is 6.45. The molecule has 7 heteroatoms. The van der Waals surface area contributed by atoms with E-state index in [1.807, 2.05) is 48.5 Å². The molecule has 0 unspecified atom stereocenters. The van der Waals surface area contributed by atoms with Crippen LogP contribution in [0.2, 0.25) is 5.02 Å². The van der Waals surface area contributed by atoms with Crippen molar-refractivity contribution in [1.82, 2.24) is 15.0 Å². The molecule has 0 aliphatic carbocycles. The Bertz CT molecular complexity index is 1200. The summed E-state index contributed by atoms with van der Waals surface area (Å²) in [6.07, 6.45) is 1.41. The van der Waals surface area contributed by atoms with Crippen LogP contribution in [0.3, 0.4) is 0 Å². The van der Waals surface area contributed by atoms with E-state index in [4.69, 9.17) is 26.8 Å². The molecule has 2 N–H and O–H groups in total. The van der Waals surface area contributed by atoms with Gasteiger partial charge in [-0.3, -0.25) is 0 Å². The Labute approximate surface area is 159 Å². The summed E-state index contributed by atoms with van der Waals surface area (Å²) in [5, 5.41) is 1.29. The van der Waals surface area contributed by atoms with Gasteiger partial charge in [-0.05, 0) is 30.3 Å². The molecule has 6 nitrogen and oxygen atoms in total. The molecule has 0 amide bonds. The average molecular weight is 377 g/mol. The number of rotatable bonds is 2. The molecule has 5 rings (SSSR count). The molecule has 2 aromatic heterocycles. The minimum Gasteiger partial charge on any atom is -0.454 e. The van der Waals surface area contributed by atoms with Crippen molar-refractivity contribution >= 4 is 28.5 Å². The molecule has 0 bridgehead atoms. The van der Waals surface area contributed by atoms with Gasteiger partial charge < -0.3 is 15.2 Å². The first kappa shape index (κ1) is 15.8. The topological polar surface area (TPSA) is 83.2 Å². The summed E-state index contributed by atoms with van der Waals surface area (Å²) in [5.74, 6) is 1.77. The molecule has 3 heterocycles. The molecule has 0 saturated carbocycles. The lowest BCUT2D eigenvalue weighted by molar-refractivity contribution is 0.174. The van der Waals surface area contributed by atoms with E-state index in [2.05, 4.69) is 15.0 Å². The fraction of sp³-hybridized carbons (Fsp3) is 0.0500. The van der Waals surface area contributed by atoms with Crippen LogP contribution in [0, 0.1) is 0 Å². The third-order valence-electron chi connectivity index (χ3n) is 4.47. The number of ether oxygens (including phenoxy) is 2. The minimum absolute atomic E-state index is 0.221. The standard InChI is InChI=1S/C20H13ClN4O2/c21-14-4-2-1-3-12(14)13-8-15(25-20-18(13)19(22)23-9-24-20)11-5-6-16-17(7-11)27-10-26-16/h1-9H,10H2,(H2,22,23,24,25). The molecule has 1 aliphatic rings. The van der Waals surface area contributed by atoms with Gasteiger partial charge >= 0.3 is 0 Å². The van der Waals surface area contributed by atoms with E-state index in [1.54, 1.807) is 0 Å². The van der Waals surface area contributed by atoms with Crippen LogP contribution < -0.4 is 15.2 Å². The molecule has 27 heavy (non-hydrogen) atoms. The van der Waals surface area contributed by atoms with Crippen molar-refractivity contribution in [3.05, 3.63) is 59.9 Å². The van der Waals surface area contributed by atoms with E-state index in [0.717, 1.165) is 28.1 Å². The highest BCUT2D eigenvalue weighted by Gasteiger charge is 2.18. The zero-order chi connectivity index (χ0) is 18.4. The first-order valence-electron chi connectivity index (χ1n) is 8.27. The number of halogens is 1. The first-order chi connectivity index (χ1) is 13.2. The zero-order valence-corrected chi connectivity index (χ0v) is 14.8. The number of hydrogen-bond donors (Lipinski definition) is 1. The van der Waals surface area contributed by atoms with E-state index < -0.39 is 0 Å². The van der Waals surface area contributed by atoms with Crippen molar-refractivity contribution in [2.45, 2.75) is 0 Å². The maximum Gasteiger partial charge on any atom is 0.231 e. The summed E-state index contributed by atoms with van der Waals surface area (Å²) in [6.45, 7) is 0.221. The molecule has 4 aromatic rings. The summed E-state index contributed by atoms with van der Waals surface area (Å²) >= 11 is 6.45. The van der Waals surface area contributed by atoms with Gasteiger partial charge in [0.15, 0.2) is 17.1 Å². The SMILES string of the molecule is Nc1ncnc2nc(-c3ccc4c(c3)OCO4)cc(-c3ccccc3Cl)c12. The molecule has 0 atom stereocenters. The fourth-order valence-corrected chi connectivity index (χ4v) is 3.42. The Balaban J connectivity index is 1.79. The third-order valence-corrected chi connectivity index (χ3v) is 4.80. The van der Waals surface area contributed by atoms with Crippen LogP contribution in [-0.2, 0) is 0 Å². The normalized spacial score (nSPS) is 12.5.